The Bertz CT molecular complexity index is 739. The van der Waals surface area contributed by atoms with Crippen LogP contribution in [0.1, 0.15) is 26.1 Å². The number of amides is 2. The van der Waals surface area contributed by atoms with Crippen molar-refractivity contribution in [3.63, 3.8) is 0 Å². The van der Waals surface area contributed by atoms with E-state index in [1.165, 1.54) is 7.11 Å². The van der Waals surface area contributed by atoms with E-state index in [1.807, 2.05) is 45.0 Å². The maximum atomic E-state index is 12.3. The molecule has 2 amide bonds. The SMILES string of the molecule is COC(=O)N[C@@H](C(=O)NCCCn1c(C)nc2ccccc21)C(C)C. The fourth-order valence-corrected chi connectivity index (χ4v) is 2.76. The Kier molecular flexibility index (Phi) is 6.38. The molecule has 0 unspecified atom stereocenters. The van der Waals surface area contributed by atoms with E-state index in [2.05, 4.69) is 24.9 Å². The van der Waals surface area contributed by atoms with Gasteiger partial charge in [0.15, 0.2) is 0 Å². The molecule has 0 aliphatic rings. The first-order valence-electron chi connectivity index (χ1n) is 8.48. The number of hydrogen-bond acceptors (Lipinski definition) is 4. The van der Waals surface area contributed by atoms with E-state index in [4.69, 9.17) is 0 Å². The third-order valence-electron chi connectivity index (χ3n) is 4.11. The number of imidazole rings is 1. The van der Waals surface area contributed by atoms with Crippen LogP contribution in [0.15, 0.2) is 24.3 Å². The summed E-state index contributed by atoms with van der Waals surface area (Å²) in [7, 11) is 1.28. The molecule has 0 saturated carbocycles. The highest BCUT2D eigenvalue weighted by atomic mass is 16.5. The number of rotatable bonds is 7. The first kappa shape index (κ1) is 18.8. The van der Waals surface area contributed by atoms with Gasteiger partial charge in [0.1, 0.15) is 11.9 Å². The van der Waals surface area contributed by atoms with Crippen molar-refractivity contribution in [2.75, 3.05) is 13.7 Å². The van der Waals surface area contributed by atoms with E-state index < -0.39 is 12.1 Å². The number of para-hydroxylation sites is 2. The van der Waals surface area contributed by atoms with Gasteiger partial charge in [-0.05, 0) is 31.4 Å². The number of nitrogens with one attached hydrogen (secondary N) is 2. The second kappa shape index (κ2) is 8.50. The summed E-state index contributed by atoms with van der Waals surface area (Å²) in [6, 6.07) is 7.39. The number of nitrogens with zero attached hydrogens (tertiary/aromatic N) is 2. The fraction of sp³-hybridized carbons (Fsp3) is 0.500. The summed E-state index contributed by atoms with van der Waals surface area (Å²) in [5.74, 6) is 0.728. The van der Waals surface area contributed by atoms with Crippen LogP contribution in [0.4, 0.5) is 4.79 Å². The lowest BCUT2D eigenvalue weighted by Gasteiger charge is -2.21. The molecule has 25 heavy (non-hydrogen) atoms. The van der Waals surface area contributed by atoms with Crippen LogP contribution in [0, 0.1) is 12.8 Å². The Morgan fingerprint density at radius 3 is 2.68 bits per heavy atom. The van der Waals surface area contributed by atoms with Crippen LogP contribution in [-0.2, 0) is 16.1 Å². The number of fused-ring (bicyclic) bond motifs is 1. The van der Waals surface area contributed by atoms with Gasteiger partial charge in [-0.3, -0.25) is 4.79 Å². The fourth-order valence-electron chi connectivity index (χ4n) is 2.76. The van der Waals surface area contributed by atoms with Gasteiger partial charge in [-0.15, -0.1) is 0 Å². The zero-order chi connectivity index (χ0) is 18.4. The van der Waals surface area contributed by atoms with Gasteiger partial charge in [-0.2, -0.15) is 0 Å². The zero-order valence-electron chi connectivity index (χ0n) is 15.2. The molecule has 2 N–H and O–H groups in total. The van der Waals surface area contributed by atoms with E-state index in [0.29, 0.717) is 6.54 Å². The van der Waals surface area contributed by atoms with Gasteiger partial charge in [0.05, 0.1) is 18.1 Å². The van der Waals surface area contributed by atoms with Crippen LogP contribution in [0.25, 0.3) is 11.0 Å². The molecular formula is C18H26N4O3. The summed E-state index contributed by atoms with van der Waals surface area (Å²) >= 11 is 0. The number of benzene rings is 1. The van der Waals surface area contributed by atoms with Crippen molar-refractivity contribution < 1.29 is 14.3 Å². The largest absolute Gasteiger partial charge is 0.453 e. The quantitative estimate of drug-likeness (QED) is 0.753. The number of ether oxygens (including phenoxy) is 1. The second-order valence-electron chi connectivity index (χ2n) is 6.30. The highest BCUT2D eigenvalue weighted by Crippen LogP contribution is 2.15. The molecule has 2 rings (SSSR count). The molecular weight excluding hydrogens is 320 g/mol. The smallest absolute Gasteiger partial charge is 0.407 e. The molecule has 1 atom stereocenters. The molecule has 0 spiro atoms. The first-order valence-corrected chi connectivity index (χ1v) is 8.48. The molecule has 7 nitrogen and oxygen atoms in total. The summed E-state index contributed by atoms with van der Waals surface area (Å²) < 4.78 is 6.72. The highest BCUT2D eigenvalue weighted by molar-refractivity contribution is 5.85. The molecule has 7 heteroatoms. The second-order valence-corrected chi connectivity index (χ2v) is 6.30. The topological polar surface area (TPSA) is 85.2 Å². The van der Waals surface area contributed by atoms with Crippen LogP contribution in [-0.4, -0.2) is 41.2 Å². The van der Waals surface area contributed by atoms with Crippen molar-refractivity contribution >= 4 is 23.0 Å². The van der Waals surface area contributed by atoms with Crippen molar-refractivity contribution in [1.82, 2.24) is 20.2 Å². The Balaban J connectivity index is 1.88. The third kappa shape index (κ3) is 4.71. The number of aryl methyl sites for hydroxylation is 2. The minimum absolute atomic E-state index is 0.0288. The predicted octanol–water partition coefficient (Wildman–Crippen LogP) is 2.23. The number of alkyl carbamates (subject to hydrolysis) is 1. The standard InChI is InChI=1S/C18H26N4O3/c1-12(2)16(21-18(24)25-4)17(23)19-10-7-11-22-13(3)20-14-8-5-6-9-15(14)22/h5-6,8-9,12,16H,7,10-11H2,1-4H3,(H,19,23)(H,21,24)/t16-/m1/s1. The van der Waals surface area contributed by atoms with Crippen LogP contribution < -0.4 is 10.6 Å². The van der Waals surface area contributed by atoms with Gasteiger partial charge in [-0.1, -0.05) is 26.0 Å². The van der Waals surface area contributed by atoms with E-state index in [1.54, 1.807) is 0 Å². The average Bonchev–Trinajstić information content (AvgIpc) is 2.91. The molecule has 2 aromatic rings. The van der Waals surface area contributed by atoms with Gasteiger partial charge in [0.2, 0.25) is 5.91 Å². The summed E-state index contributed by atoms with van der Waals surface area (Å²) in [5, 5.41) is 5.45. The van der Waals surface area contributed by atoms with Gasteiger partial charge >= 0.3 is 6.09 Å². The first-order chi connectivity index (χ1) is 11.9. The van der Waals surface area contributed by atoms with Gasteiger partial charge in [0, 0.05) is 13.1 Å². The Labute approximate surface area is 147 Å². The average molecular weight is 346 g/mol. The van der Waals surface area contributed by atoms with Crippen LogP contribution in [0.2, 0.25) is 0 Å². The van der Waals surface area contributed by atoms with Crippen molar-refractivity contribution in [2.45, 2.75) is 39.8 Å². The summed E-state index contributed by atoms with van der Waals surface area (Å²) in [4.78, 5) is 28.2. The number of carbonyl (C=O) groups is 2. The molecule has 136 valence electrons. The summed E-state index contributed by atoms with van der Waals surface area (Å²) in [5.41, 5.74) is 2.07. The van der Waals surface area contributed by atoms with Gasteiger partial charge < -0.3 is 19.9 Å². The monoisotopic (exact) mass is 346 g/mol. The lowest BCUT2D eigenvalue weighted by Crippen LogP contribution is -2.49. The minimum Gasteiger partial charge on any atom is -0.453 e. The minimum atomic E-state index is -0.608. The van der Waals surface area contributed by atoms with Crippen molar-refractivity contribution in [2.24, 2.45) is 5.92 Å². The zero-order valence-corrected chi connectivity index (χ0v) is 15.2. The van der Waals surface area contributed by atoms with Crippen LogP contribution >= 0.6 is 0 Å². The number of hydrogen-bond donors (Lipinski definition) is 2. The Hall–Kier alpha value is -2.57. The maximum Gasteiger partial charge on any atom is 0.407 e. The highest BCUT2D eigenvalue weighted by Gasteiger charge is 2.24. The molecule has 0 aliphatic heterocycles. The molecule has 0 saturated heterocycles. The van der Waals surface area contributed by atoms with E-state index >= 15 is 0 Å². The van der Waals surface area contributed by atoms with Crippen molar-refractivity contribution in [1.29, 1.82) is 0 Å². The van der Waals surface area contributed by atoms with E-state index in [0.717, 1.165) is 29.8 Å². The lowest BCUT2D eigenvalue weighted by atomic mass is 10.0. The van der Waals surface area contributed by atoms with Gasteiger partial charge in [0.25, 0.3) is 0 Å². The summed E-state index contributed by atoms with van der Waals surface area (Å²) in [6.07, 6.45) is 0.171. The van der Waals surface area contributed by atoms with Crippen LogP contribution in [0.3, 0.4) is 0 Å². The molecule has 0 radical (unpaired) electrons. The van der Waals surface area contributed by atoms with Crippen LogP contribution in [0.5, 0.6) is 0 Å². The van der Waals surface area contributed by atoms with Crippen molar-refractivity contribution in [3.05, 3.63) is 30.1 Å². The maximum absolute atomic E-state index is 12.3. The van der Waals surface area contributed by atoms with Crippen molar-refractivity contribution in [3.8, 4) is 0 Å². The Morgan fingerprint density at radius 2 is 2.00 bits per heavy atom. The molecule has 0 aliphatic carbocycles. The number of methoxy groups -OCH3 is 1. The predicted molar refractivity (Wildman–Crippen MR) is 96.3 cm³/mol. The van der Waals surface area contributed by atoms with E-state index in [9.17, 15) is 9.59 Å². The Morgan fingerprint density at radius 1 is 1.28 bits per heavy atom. The number of aromatic nitrogens is 2. The molecule has 1 aromatic heterocycles. The summed E-state index contributed by atoms with van der Waals surface area (Å²) in [6.45, 7) is 7.02. The lowest BCUT2D eigenvalue weighted by molar-refractivity contribution is -0.124. The molecule has 1 aromatic carbocycles. The van der Waals surface area contributed by atoms with Gasteiger partial charge in [-0.25, -0.2) is 9.78 Å². The number of carbonyl (C=O) groups excluding carboxylic acids is 2. The molecule has 0 fully saturated rings. The third-order valence-corrected chi connectivity index (χ3v) is 4.11. The molecule has 0 bridgehead atoms. The molecule has 1 heterocycles. The normalized spacial score (nSPS) is 12.2. The van der Waals surface area contributed by atoms with E-state index in [-0.39, 0.29) is 11.8 Å².